The van der Waals surface area contributed by atoms with Crippen LogP contribution in [0, 0.1) is 21.8 Å². The van der Waals surface area contributed by atoms with Crippen molar-refractivity contribution in [3.8, 4) is 0 Å². The van der Waals surface area contributed by atoms with Gasteiger partial charge in [0, 0.05) is 69.2 Å². The van der Waals surface area contributed by atoms with E-state index in [1.54, 1.807) is 83.1 Å². The van der Waals surface area contributed by atoms with E-state index in [2.05, 4.69) is 50.9 Å². The molecule has 6 rings (SSSR count). The molecule has 0 fully saturated rings. The van der Waals surface area contributed by atoms with E-state index in [1.807, 2.05) is 136 Å². The van der Waals surface area contributed by atoms with Crippen molar-refractivity contribution in [1.29, 1.82) is 0 Å². The van der Waals surface area contributed by atoms with Gasteiger partial charge < -0.3 is 84.7 Å². The number of aliphatic hydroxyl groups is 1. The monoisotopic (exact) mass is 2250 g/mol. The molecule has 0 aliphatic heterocycles. The molecule has 0 radical (unpaired) electrons. The van der Waals surface area contributed by atoms with Gasteiger partial charge in [0.05, 0.1) is 58.3 Å². The fourth-order valence-electron chi connectivity index (χ4n) is 8.90. The number of carbonyl (C=O) groups excluding carboxylic acids is 9. The van der Waals surface area contributed by atoms with Gasteiger partial charge in [-0.05, 0) is 144 Å². The number of ether oxygens (including phenoxy) is 7. The molecule has 0 saturated heterocycles. The Morgan fingerprint density at radius 2 is 0.497 bits per heavy atom. The molecule has 0 bridgehead atoms. The molecule has 0 unspecified atom stereocenters. The van der Waals surface area contributed by atoms with Gasteiger partial charge in [-0.2, -0.15) is 52.7 Å². The van der Waals surface area contributed by atoms with Crippen LogP contribution in [-0.4, -0.2) is 191 Å². The van der Waals surface area contributed by atoms with Crippen molar-refractivity contribution in [2.24, 2.45) is 0 Å². The van der Waals surface area contributed by atoms with E-state index >= 15 is 0 Å². The molecule has 8 N–H and O–H groups in total. The summed E-state index contributed by atoms with van der Waals surface area (Å²) in [5, 5.41) is 34.3. The minimum absolute atomic E-state index is 0. The molecule has 26 nitrogen and oxygen atoms in total. The molecule has 6 aromatic carbocycles. The minimum Gasteiger partial charge on any atom is -0.870 e. The maximum Gasteiger partial charge on any atom is 2.00 e. The summed E-state index contributed by atoms with van der Waals surface area (Å²) in [5.74, 6) is -31.6. The number of carboxylic acids is 3. The Balaban J connectivity index is -0.0000000947. The van der Waals surface area contributed by atoms with Crippen LogP contribution in [-0.2, 0) is 159 Å². The molecule has 6 aromatic rings. The maximum absolute atomic E-state index is 13.8. The standard InChI is InChI=1S/C16H20F2O4.C15H19F2NO3.C15H18F2O3.C14H16F2O4.C12H12F2O4.C9H10O2.C4H5BrF2O2.C4H9Br.6C2H6.CH4O.CH4.2CH3.Li.Mg.2H2O/c1-5-21-14(20)16(17,18)12-8-6-11(7-9-12)10-13(19)22-15(2,3)4;1-14(2,3)21-12(19)9-10-5-7-11(8-6-10)15(16,17)13(20)18-4;1-10(18)15(16,17)12-7-5-11(6-8-12)9-13(19)20-14(2,3)4;1-13(2,3)20-11(17)8-9-4-6-10(7-5-9)14(15,16)12(18)19;1-2-18-11(17)12(13,14)9-5-3-8(4-6-9)7-10(15)16;1-7-2-4-8(5-3-7)6-9(10)11;1-2-9-3(8)4(5,6)7;1-4(2,3)5;7*1-2;;;;;;;/h6-9H,5,10H2,1-4H3;5-8H,9H2,1-4H3,(H,18,20);5-8H,9H2,1-4H3;4-7H,8H2,1-3H3,(H,18,19);3-6H,2,7H2,1H3,(H,15,16);2-5H,6H2,1H3,(H,10,11);2H2,1H3;1-3H3;6*1-2H3;2H,1H3;1H4;2*1H3;;;2*1H2/q;;;;;;;;;;;;;;;;2*-1;+1;+2;;/p-1. The zero-order valence-corrected chi connectivity index (χ0v) is 96.3. The number of likely N-dealkylation sites (N-methyl/N-ethyl adjacent to an activating group) is 1. The Hall–Kier alpha value is -9.48. The van der Waals surface area contributed by atoms with Crippen LogP contribution in [0.15, 0.2) is 146 Å². The number of hydrogen-bond acceptors (Lipinski definition) is 21. The predicted molar refractivity (Wildman–Crippen MR) is 556 cm³/mol. The summed E-state index contributed by atoms with van der Waals surface area (Å²) in [5.41, 5.74) is -0.332. The van der Waals surface area contributed by atoms with Gasteiger partial charge >= 0.3 is 136 Å². The van der Waals surface area contributed by atoms with Crippen LogP contribution >= 0.6 is 31.9 Å². The molecule has 147 heavy (non-hydrogen) atoms. The van der Waals surface area contributed by atoms with Gasteiger partial charge in [0.1, 0.15) is 22.4 Å². The second-order valence-corrected chi connectivity index (χ2v) is 35.1. The smallest absolute Gasteiger partial charge is 0.870 e. The average Bonchev–Trinajstić information content (AvgIpc) is 0.816. The number of esters is 7. The summed E-state index contributed by atoms with van der Waals surface area (Å²) in [6, 6.07) is 31.7. The van der Waals surface area contributed by atoms with E-state index < -0.39 is 150 Å². The van der Waals surface area contributed by atoms with Crippen LogP contribution in [0.1, 0.15) is 289 Å². The van der Waals surface area contributed by atoms with Gasteiger partial charge in [-0.3, -0.25) is 38.4 Å². The first-order valence-corrected chi connectivity index (χ1v) is 46.2. The third-order valence-electron chi connectivity index (χ3n) is 14.3. The molecular weight excluding hydrogens is 2090 g/mol. The van der Waals surface area contributed by atoms with Gasteiger partial charge in [-0.1, -0.05) is 278 Å². The fraction of sp³-hybridized carbons (Fsp3) is 0.524. The van der Waals surface area contributed by atoms with E-state index in [9.17, 15) is 110 Å². The molecule has 0 heterocycles. The molecule has 0 aliphatic carbocycles. The first kappa shape index (κ1) is 174. The third-order valence-corrected chi connectivity index (χ3v) is 14.6. The number of carbonyl (C=O) groups is 12. The summed E-state index contributed by atoms with van der Waals surface area (Å²) in [6.45, 7) is 58.1. The zero-order valence-electron chi connectivity index (χ0n) is 91.7. The van der Waals surface area contributed by atoms with Gasteiger partial charge in [0.15, 0.2) is 0 Å². The summed E-state index contributed by atoms with van der Waals surface area (Å²) in [7, 11) is 2.15. The second-order valence-electron chi connectivity index (χ2n) is 31.7. The van der Waals surface area contributed by atoms with Crippen molar-refractivity contribution >= 4 is 126 Å². The Morgan fingerprint density at radius 3 is 0.653 bits per heavy atom. The first-order chi connectivity index (χ1) is 64.2. The average molecular weight is 2260 g/mol. The van der Waals surface area contributed by atoms with Crippen molar-refractivity contribution in [2.45, 2.75) is 329 Å². The minimum atomic E-state index is -3.94. The second kappa shape index (κ2) is 87.3. The van der Waals surface area contributed by atoms with E-state index in [0.29, 0.717) is 32.1 Å². The molecule has 42 heteroatoms. The summed E-state index contributed by atoms with van der Waals surface area (Å²) < 4.78 is 192. The Bertz CT molecular complexity index is 4420. The SMILES string of the molecule is C.CC.CC.CC.CC.CC.CC.CC(=O)C(F)(F)c1ccc(CC(=O)OC(C)(C)C)cc1.CC(C)(C)Br.CC(C)(C)OC(=O)Cc1ccc(C(F)(F)C(=O)O)cc1.CCOC(=O)C(F)(F)Br.CCOC(=O)C(F)(F)c1ccc(CC(=O)O)cc1.CCOC(=O)C(F)(F)c1ccc(CC(=O)OC(C)(C)C)cc1.CNC(=O)C(F)(F)c1ccc(CC(=O)OC(C)(C)C)cc1.CO.Cc1ccc(CC(=O)O)cc1.O.[CH3-].[CH3-].[Li+].[Mg+2].[OH-]. The molecule has 0 aliphatic rings. The first-order valence-electron chi connectivity index (χ1n) is 44.6. The van der Waals surface area contributed by atoms with Gasteiger partial charge in [0.2, 0.25) is 5.78 Å². The summed E-state index contributed by atoms with van der Waals surface area (Å²) in [4.78, 5) is 128. The van der Waals surface area contributed by atoms with Crippen LogP contribution in [0.2, 0.25) is 0 Å². The van der Waals surface area contributed by atoms with Crippen molar-refractivity contribution in [1.82, 2.24) is 5.32 Å². The predicted octanol–water partition coefficient (Wildman–Crippen LogP) is 21.9. The molecular formula is C105H162Br2F12LiMgNO25. The van der Waals surface area contributed by atoms with Crippen LogP contribution in [0.25, 0.3) is 0 Å². The molecule has 0 saturated carbocycles. The Labute approximate surface area is 909 Å². The van der Waals surface area contributed by atoms with Gasteiger partial charge in [0.25, 0.3) is 5.91 Å². The van der Waals surface area contributed by atoms with Crippen molar-refractivity contribution < 1.29 is 194 Å². The number of amides is 1. The molecule has 0 atom stereocenters. The fourth-order valence-corrected chi connectivity index (χ4v) is 9.01. The molecule has 838 valence electrons. The van der Waals surface area contributed by atoms with Crippen molar-refractivity contribution in [2.75, 3.05) is 34.0 Å². The van der Waals surface area contributed by atoms with Crippen molar-refractivity contribution in [3.63, 3.8) is 0 Å². The number of ketones is 1. The topological polar surface area (TPSA) is 424 Å². The number of rotatable bonds is 26. The van der Waals surface area contributed by atoms with Gasteiger partial charge in [-0.15, -0.1) is 0 Å². The number of nitrogens with one attached hydrogen (secondary N) is 1. The van der Waals surface area contributed by atoms with Gasteiger partial charge in [-0.25, -0.2) is 19.2 Å². The maximum atomic E-state index is 13.8. The van der Waals surface area contributed by atoms with Crippen LogP contribution in [0.5, 0.6) is 0 Å². The number of carboxylic acid groups (broad SMARTS) is 3. The Morgan fingerprint density at radius 1 is 0.327 bits per heavy atom. The van der Waals surface area contributed by atoms with Crippen LogP contribution < -0.4 is 24.2 Å². The van der Waals surface area contributed by atoms with E-state index in [-0.39, 0.29) is 139 Å². The molecule has 0 spiro atoms. The largest absolute Gasteiger partial charge is 2.00 e. The van der Waals surface area contributed by atoms with E-state index in [1.165, 1.54) is 81.4 Å². The summed E-state index contributed by atoms with van der Waals surface area (Å²) >= 11 is 5.21. The van der Waals surface area contributed by atoms with E-state index in [0.717, 1.165) is 92.9 Å². The number of halogens is 14. The number of alkyl halides is 14. The molecule has 0 aromatic heterocycles. The number of aryl methyl sites for hydroxylation is 1. The van der Waals surface area contributed by atoms with E-state index in [4.69, 9.17) is 39.4 Å². The molecule has 1 amide bonds. The third kappa shape index (κ3) is 84.0. The number of Topliss-reactive ketones (excluding diaryl/α,β-unsaturated/α-hetero) is 1. The van der Waals surface area contributed by atoms with Crippen LogP contribution in [0.4, 0.5) is 52.7 Å². The van der Waals surface area contributed by atoms with Crippen LogP contribution in [0.3, 0.4) is 0 Å². The normalized spacial score (nSPS) is 10.2. The zero-order chi connectivity index (χ0) is 112. The number of benzene rings is 6. The Kier molecular flexibility index (Phi) is 103. The number of hydrogen-bond donors (Lipinski definition) is 5. The summed E-state index contributed by atoms with van der Waals surface area (Å²) in [6.07, 6.45) is -0.240. The quantitative estimate of drug-likeness (QED) is 0.00841. The number of aliphatic carboxylic acids is 3. The number of aliphatic hydroxyl groups excluding tert-OH is 1. The van der Waals surface area contributed by atoms with Crippen molar-refractivity contribution in [3.05, 3.63) is 227 Å².